The standard InChI is InChI=1S/C16H23ClN2O3/c1-11-5-3-4-6-19(11)7-8-22-16(20)13-9-12(17)10-14(18)15(13)21-2/h9-11H,3-8,18H2,1-2H3. The normalized spacial score (nSPS) is 19.0. The smallest absolute Gasteiger partial charge is 0.342 e. The van der Waals surface area contributed by atoms with Gasteiger partial charge in [0.25, 0.3) is 0 Å². The summed E-state index contributed by atoms with van der Waals surface area (Å²) in [5.41, 5.74) is 6.40. The molecule has 122 valence electrons. The van der Waals surface area contributed by atoms with Gasteiger partial charge in [0.2, 0.25) is 0 Å². The first-order valence-corrected chi connectivity index (χ1v) is 7.95. The van der Waals surface area contributed by atoms with Crippen molar-refractivity contribution in [3.8, 4) is 5.75 Å². The average Bonchev–Trinajstić information content (AvgIpc) is 2.48. The number of hydrogen-bond donors (Lipinski definition) is 1. The van der Waals surface area contributed by atoms with E-state index in [9.17, 15) is 4.79 Å². The molecule has 0 aromatic heterocycles. The van der Waals surface area contributed by atoms with E-state index in [0.29, 0.717) is 29.1 Å². The summed E-state index contributed by atoms with van der Waals surface area (Å²) >= 11 is 5.95. The van der Waals surface area contributed by atoms with Crippen molar-refractivity contribution in [1.82, 2.24) is 4.90 Å². The van der Waals surface area contributed by atoms with Crippen molar-refractivity contribution in [3.05, 3.63) is 22.7 Å². The van der Waals surface area contributed by atoms with Crippen molar-refractivity contribution in [3.63, 3.8) is 0 Å². The monoisotopic (exact) mass is 326 g/mol. The fraction of sp³-hybridized carbons (Fsp3) is 0.562. The Hall–Kier alpha value is -1.46. The van der Waals surface area contributed by atoms with Gasteiger partial charge in [-0.25, -0.2) is 4.79 Å². The summed E-state index contributed by atoms with van der Waals surface area (Å²) in [5, 5.41) is 0.384. The highest BCUT2D eigenvalue weighted by molar-refractivity contribution is 6.31. The van der Waals surface area contributed by atoms with Crippen molar-refractivity contribution in [1.29, 1.82) is 0 Å². The highest BCUT2D eigenvalue weighted by Gasteiger charge is 2.20. The molecule has 5 nitrogen and oxygen atoms in total. The number of ether oxygens (including phenoxy) is 2. The Labute approximate surface area is 136 Å². The summed E-state index contributed by atoms with van der Waals surface area (Å²) in [7, 11) is 1.46. The SMILES string of the molecule is COc1c(N)cc(Cl)cc1C(=O)OCCN1CCCCC1C. The van der Waals surface area contributed by atoms with Gasteiger partial charge in [0.1, 0.15) is 12.2 Å². The molecule has 1 aromatic rings. The van der Waals surface area contributed by atoms with Crippen LogP contribution in [0.3, 0.4) is 0 Å². The Morgan fingerprint density at radius 3 is 2.91 bits per heavy atom. The highest BCUT2D eigenvalue weighted by Crippen LogP contribution is 2.30. The second kappa shape index (κ2) is 7.70. The molecule has 2 N–H and O–H groups in total. The second-order valence-electron chi connectivity index (χ2n) is 5.59. The lowest BCUT2D eigenvalue weighted by atomic mass is 10.0. The molecule has 1 heterocycles. The van der Waals surface area contributed by atoms with E-state index < -0.39 is 5.97 Å². The van der Waals surface area contributed by atoms with Crippen LogP contribution in [0.2, 0.25) is 5.02 Å². The minimum Gasteiger partial charge on any atom is -0.494 e. The fourth-order valence-corrected chi connectivity index (χ4v) is 3.04. The zero-order chi connectivity index (χ0) is 16.1. The minimum atomic E-state index is -0.462. The molecule has 0 spiro atoms. The molecule has 0 bridgehead atoms. The number of rotatable bonds is 5. The van der Waals surface area contributed by atoms with Gasteiger partial charge >= 0.3 is 5.97 Å². The molecule has 22 heavy (non-hydrogen) atoms. The largest absolute Gasteiger partial charge is 0.494 e. The number of nitrogens with two attached hydrogens (primary N) is 1. The number of halogens is 1. The molecule has 1 aliphatic rings. The molecule has 0 amide bonds. The third kappa shape index (κ3) is 4.05. The molecule has 1 fully saturated rings. The Balaban J connectivity index is 1.95. The number of methoxy groups -OCH3 is 1. The van der Waals surface area contributed by atoms with E-state index in [1.807, 2.05) is 0 Å². The van der Waals surface area contributed by atoms with Crippen LogP contribution >= 0.6 is 11.6 Å². The molecule has 1 aromatic carbocycles. The highest BCUT2D eigenvalue weighted by atomic mass is 35.5. The van der Waals surface area contributed by atoms with Gasteiger partial charge in [-0.1, -0.05) is 18.0 Å². The van der Waals surface area contributed by atoms with Crippen molar-refractivity contribution in [2.75, 3.05) is 32.5 Å². The van der Waals surface area contributed by atoms with Crippen LogP contribution in [-0.2, 0) is 4.74 Å². The van der Waals surface area contributed by atoms with E-state index in [2.05, 4.69) is 11.8 Å². The topological polar surface area (TPSA) is 64.8 Å². The van der Waals surface area contributed by atoms with E-state index in [1.54, 1.807) is 6.07 Å². The molecular weight excluding hydrogens is 304 g/mol. The molecule has 0 saturated carbocycles. The molecular formula is C16H23ClN2O3. The fourth-order valence-electron chi connectivity index (χ4n) is 2.82. The molecule has 1 aliphatic heterocycles. The number of esters is 1. The van der Waals surface area contributed by atoms with Crippen LogP contribution in [0, 0.1) is 0 Å². The van der Waals surface area contributed by atoms with Crippen molar-refractivity contribution in [2.24, 2.45) is 0 Å². The Kier molecular flexibility index (Phi) is 5.91. The average molecular weight is 327 g/mol. The molecule has 0 radical (unpaired) electrons. The number of piperidine rings is 1. The summed E-state index contributed by atoms with van der Waals surface area (Å²) in [5.74, 6) is -0.156. The zero-order valence-electron chi connectivity index (χ0n) is 13.1. The van der Waals surface area contributed by atoms with Gasteiger partial charge in [0.15, 0.2) is 5.75 Å². The van der Waals surface area contributed by atoms with Crippen LogP contribution in [0.5, 0.6) is 5.75 Å². The number of carbonyl (C=O) groups is 1. The van der Waals surface area contributed by atoms with Crippen LogP contribution in [0.4, 0.5) is 5.69 Å². The van der Waals surface area contributed by atoms with Crippen molar-refractivity contribution < 1.29 is 14.3 Å². The van der Waals surface area contributed by atoms with Gasteiger partial charge in [-0.3, -0.25) is 4.90 Å². The van der Waals surface area contributed by atoms with Crippen LogP contribution in [0.1, 0.15) is 36.5 Å². The van der Waals surface area contributed by atoms with Crippen LogP contribution in [-0.4, -0.2) is 43.7 Å². The minimum absolute atomic E-state index is 0.263. The van der Waals surface area contributed by atoms with Gasteiger partial charge in [0, 0.05) is 17.6 Å². The summed E-state index contributed by atoms with van der Waals surface area (Å²) in [6, 6.07) is 3.61. The molecule has 6 heteroatoms. The lowest BCUT2D eigenvalue weighted by molar-refractivity contribution is 0.0413. The first kappa shape index (κ1) is 16.9. The second-order valence-corrected chi connectivity index (χ2v) is 6.03. The Morgan fingerprint density at radius 2 is 2.23 bits per heavy atom. The summed E-state index contributed by atoms with van der Waals surface area (Å²) in [4.78, 5) is 14.6. The molecule has 2 rings (SSSR count). The number of benzene rings is 1. The lowest BCUT2D eigenvalue weighted by Crippen LogP contribution is -2.39. The first-order valence-electron chi connectivity index (χ1n) is 7.57. The number of hydrogen-bond acceptors (Lipinski definition) is 5. The van der Waals surface area contributed by atoms with Crippen molar-refractivity contribution in [2.45, 2.75) is 32.2 Å². The lowest BCUT2D eigenvalue weighted by Gasteiger charge is -2.32. The van der Waals surface area contributed by atoms with E-state index in [1.165, 1.54) is 32.4 Å². The van der Waals surface area contributed by atoms with Crippen molar-refractivity contribution >= 4 is 23.3 Å². The maximum Gasteiger partial charge on any atom is 0.342 e. The summed E-state index contributed by atoms with van der Waals surface area (Å²) in [6.07, 6.45) is 3.68. The number of anilines is 1. The summed E-state index contributed by atoms with van der Waals surface area (Å²) < 4.78 is 10.5. The maximum absolute atomic E-state index is 12.2. The molecule has 1 saturated heterocycles. The number of nitrogens with zero attached hydrogens (tertiary/aromatic N) is 1. The maximum atomic E-state index is 12.2. The molecule has 1 unspecified atom stereocenters. The zero-order valence-corrected chi connectivity index (χ0v) is 13.9. The van der Waals surface area contributed by atoms with E-state index in [4.69, 9.17) is 26.8 Å². The summed E-state index contributed by atoms with van der Waals surface area (Å²) in [6.45, 7) is 4.36. The van der Waals surface area contributed by atoms with Gasteiger partial charge in [-0.2, -0.15) is 0 Å². The predicted molar refractivity (Wildman–Crippen MR) is 87.6 cm³/mol. The molecule has 0 aliphatic carbocycles. The number of nitrogen functional groups attached to an aromatic ring is 1. The molecule has 1 atom stereocenters. The van der Waals surface area contributed by atoms with Crippen LogP contribution in [0.15, 0.2) is 12.1 Å². The Bertz CT molecular complexity index is 536. The third-order valence-electron chi connectivity index (χ3n) is 4.06. The quantitative estimate of drug-likeness (QED) is 0.665. The predicted octanol–water partition coefficient (Wildman–Crippen LogP) is 2.96. The number of carbonyl (C=O) groups excluding carboxylic acids is 1. The number of likely N-dealkylation sites (tertiary alicyclic amines) is 1. The van der Waals surface area contributed by atoms with Crippen LogP contribution in [0.25, 0.3) is 0 Å². The van der Waals surface area contributed by atoms with E-state index in [-0.39, 0.29) is 5.56 Å². The van der Waals surface area contributed by atoms with Crippen LogP contribution < -0.4 is 10.5 Å². The first-order chi connectivity index (χ1) is 10.5. The van der Waals surface area contributed by atoms with Gasteiger partial charge in [0.05, 0.1) is 12.8 Å². The van der Waals surface area contributed by atoms with E-state index >= 15 is 0 Å². The van der Waals surface area contributed by atoms with Gasteiger partial charge in [-0.05, 0) is 38.4 Å². The van der Waals surface area contributed by atoms with E-state index in [0.717, 1.165) is 13.1 Å². The Morgan fingerprint density at radius 1 is 1.45 bits per heavy atom. The third-order valence-corrected chi connectivity index (χ3v) is 4.28. The van der Waals surface area contributed by atoms with Gasteiger partial charge in [-0.15, -0.1) is 0 Å². The van der Waals surface area contributed by atoms with Gasteiger partial charge < -0.3 is 15.2 Å².